The second-order valence-electron chi connectivity index (χ2n) is 19.7. The van der Waals surface area contributed by atoms with E-state index in [4.69, 9.17) is 67.3 Å². The number of nitrogens with two attached hydrogens (primary N) is 1. The number of carbonyl (C=O) groups is 8. The Kier molecular flexibility index (Phi) is 46.3. The van der Waals surface area contributed by atoms with Crippen molar-refractivity contribution >= 4 is 70.7 Å². The van der Waals surface area contributed by atoms with Gasteiger partial charge in [-0.2, -0.15) is 0 Å². The second-order valence-corrected chi connectivity index (χ2v) is 22.2. The van der Waals surface area contributed by atoms with Gasteiger partial charge in [0.2, 0.25) is 41.4 Å². The van der Waals surface area contributed by atoms with Crippen LogP contribution in [0.5, 0.6) is 0 Å². The fourth-order valence-corrected chi connectivity index (χ4v) is 10.0. The Balaban J connectivity index is 0.964. The van der Waals surface area contributed by atoms with Gasteiger partial charge >= 0.3 is 0 Å². The topological polar surface area (TPSA) is 356 Å². The summed E-state index contributed by atoms with van der Waals surface area (Å²) in [5.74, 6) is -1.75. The van der Waals surface area contributed by atoms with Gasteiger partial charge in [-0.1, -0.05) is 5.21 Å². The summed E-state index contributed by atoms with van der Waals surface area (Å²) < 4.78 is 73.4. The van der Waals surface area contributed by atoms with Crippen LogP contribution < -0.4 is 21.7 Å². The molecule has 0 bridgehead atoms. The lowest BCUT2D eigenvalue weighted by molar-refractivity contribution is -0.140. The lowest BCUT2D eigenvalue weighted by Crippen LogP contribution is -2.36. The molecule has 2 saturated heterocycles. The monoisotopic (exact) mass is 1300 g/mol. The van der Waals surface area contributed by atoms with Crippen LogP contribution in [0, 0.1) is 6.92 Å². The van der Waals surface area contributed by atoms with Crippen molar-refractivity contribution in [2.45, 2.75) is 81.9 Å². The summed E-state index contributed by atoms with van der Waals surface area (Å²) in [4.78, 5) is 101. The Morgan fingerprint density at radius 1 is 0.489 bits per heavy atom. The van der Waals surface area contributed by atoms with Gasteiger partial charge in [-0.15, -0.1) is 28.6 Å². The first kappa shape index (κ1) is 77.9. The first-order valence-corrected chi connectivity index (χ1v) is 32.3. The number of likely N-dealkylation sites (tertiary alicyclic amines) is 2. The third-order valence-electron chi connectivity index (χ3n) is 12.5. The molecule has 88 heavy (non-hydrogen) atoms. The summed E-state index contributed by atoms with van der Waals surface area (Å²) in [5.41, 5.74) is 6.60. The largest absolute Gasteiger partial charge is 0.379 e. The minimum absolute atomic E-state index is 0.00577. The molecule has 0 aromatic carbocycles. The Morgan fingerprint density at radius 2 is 0.830 bits per heavy atom. The summed E-state index contributed by atoms with van der Waals surface area (Å²) in [7, 11) is 0. The third kappa shape index (κ3) is 39.7. The molecule has 0 saturated carbocycles. The Morgan fingerprint density at radius 3 is 1.20 bits per heavy atom. The minimum Gasteiger partial charge on any atom is -0.379 e. The van der Waals surface area contributed by atoms with Gasteiger partial charge in [0, 0.05) is 95.7 Å². The number of nitrogens with zero attached hydrogens (tertiary/aromatic N) is 5. The van der Waals surface area contributed by atoms with Crippen molar-refractivity contribution in [3.63, 3.8) is 0 Å². The number of ether oxygens (including phenoxy) is 13. The number of imide groups is 2. The van der Waals surface area contributed by atoms with Gasteiger partial charge in [-0.3, -0.25) is 48.2 Å². The third-order valence-corrected chi connectivity index (χ3v) is 15.1. The fraction of sp³-hybridized carbons (Fsp3) is 0.821. The van der Waals surface area contributed by atoms with E-state index in [0.717, 1.165) is 15.5 Å². The molecule has 7 amide bonds. The van der Waals surface area contributed by atoms with Crippen LogP contribution in [0.3, 0.4) is 0 Å². The molecule has 2 aliphatic rings. The Bertz CT molecular complexity index is 2090. The van der Waals surface area contributed by atoms with E-state index in [0.29, 0.717) is 217 Å². The van der Waals surface area contributed by atoms with E-state index in [9.17, 15) is 38.4 Å². The molecule has 0 aliphatic carbocycles. The molecule has 5 N–H and O–H groups in total. The van der Waals surface area contributed by atoms with Crippen molar-refractivity contribution in [2.24, 2.45) is 5.73 Å². The summed E-state index contributed by atoms with van der Waals surface area (Å²) in [5, 5.41) is 15.0. The highest BCUT2D eigenvalue weighted by atomic mass is 32.2. The number of nitrogens with one attached hydrogen (secondary N) is 3. The highest BCUT2D eigenvalue weighted by Gasteiger charge is 2.40. The first-order chi connectivity index (χ1) is 42.8. The molecule has 32 heteroatoms. The van der Waals surface area contributed by atoms with Gasteiger partial charge in [-0.05, 0) is 26.7 Å². The molecule has 1 aromatic heterocycles. The number of carbonyl (C=O) groups excluding carboxylic acids is 8. The van der Waals surface area contributed by atoms with Crippen LogP contribution in [-0.4, -0.2) is 304 Å². The number of hydrogen-bond acceptors (Lipinski definition) is 26. The van der Waals surface area contributed by atoms with E-state index in [1.54, 1.807) is 4.68 Å². The van der Waals surface area contributed by atoms with E-state index in [-0.39, 0.29) is 98.1 Å². The lowest BCUT2D eigenvalue weighted by atomic mass is 10.3. The smallest absolute Gasteiger partial charge is 0.242 e. The molecular weight excluding hydrogens is 1200 g/mol. The van der Waals surface area contributed by atoms with Crippen molar-refractivity contribution in [3.8, 4) is 0 Å². The molecule has 3 atom stereocenters. The zero-order valence-corrected chi connectivity index (χ0v) is 53.1. The number of aryl methyl sites for hydroxylation is 1. The van der Waals surface area contributed by atoms with Crippen LogP contribution >= 0.6 is 23.5 Å². The molecule has 2 fully saturated rings. The van der Waals surface area contributed by atoms with E-state index in [2.05, 4.69) is 26.3 Å². The standard InChI is InChI=1S/C56H97N9O21S2/c1-45-43-63(62-61-45)13-17-77-21-25-80-27-29-82-31-33-84-35-37-86-39-38-85-36-34-83-32-30-81-28-26-79-24-20-76-16-10-60-52(69)7-40-87-48-41-53(70)64(55(48)72)11-5-50(67)58-8-3-14-74-18-22-78-23-19-75-15-4-9-59-51(68)6-12-65-54(71)42-49(56(65)73)88-44-47(57)46(2)66/h43,47-49H,3-42,44,57H2,1-2H3,(H,58,67)(H,59,68)(H,60,69)/t47-,48?,49?/m0/s1. The van der Waals surface area contributed by atoms with Crippen molar-refractivity contribution in [2.75, 3.05) is 216 Å². The predicted octanol–water partition coefficient (Wildman–Crippen LogP) is -1.26. The highest BCUT2D eigenvalue weighted by Crippen LogP contribution is 2.27. The van der Waals surface area contributed by atoms with Crippen LogP contribution in [0.25, 0.3) is 0 Å². The van der Waals surface area contributed by atoms with Crippen molar-refractivity contribution < 1.29 is 99.9 Å². The Hall–Kier alpha value is -4.36. The van der Waals surface area contributed by atoms with Crippen molar-refractivity contribution in [1.29, 1.82) is 0 Å². The number of rotatable bonds is 61. The van der Waals surface area contributed by atoms with Gasteiger partial charge in [0.15, 0.2) is 0 Å². The molecule has 30 nitrogen and oxygen atoms in total. The van der Waals surface area contributed by atoms with Crippen LogP contribution in [0.15, 0.2) is 6.20 Å². The maximum absolute atomic E-state index is 12.9. The predicted molar refractivity (Wildman–Crippen MR) is 321 cm³/mol. The molecule has 0 spiro atoms. The van der Waals surface area contributed by atoms with Gasteiger partial charge in [0.25, 0.3) is 0 Å². The van der Waals surface area contributed by atoms with E-state index < -0.39 is 16.5 Å². The first-order valence-electron chi connectivity index (χ1n) is 30.2. The maximum Gasteiger partial charge on any atom is 0.242 e. The molecular formula is C56H97N9O21S2. The summed E-state index contributed by atoms with van der Waals surface area (Å²) in [6.45, 7) is 16.2. The molecule has 1 aromatic rings. The van der Waals surface area contributed by atoms with E-state index in [1.807, 2.05) is 13.1 Å². The zero-order chi connectivity index (χ0) is 63.5. The fourth-order valence-electron chi connectivity index (χ4n) is 7.71. The average Bonchev–Trinajstić information content (AvgIpc) is 3.11. The van der Waals surface area contributed by atoms with Gasteiger partial charge in [0.1, 0.15) is 5.78 Å². The number of aromatic nitrogens is 3. The maximum atomic E-state index is 12.9. The second kappa shape index (κ2) is 52.3. The summed E-state index contributed by atoms with van der Waals surface area (Å²) in [6, 6.07) is -0.692. The van der Waals surface area contributed by atoms with Gasteiger partial charge in [-0.25, -0.2) is 4.68 Å². The van der Waals surface area contributed by atoms with E-state index in [1.165, 1.54) is 30.4 Å². The Labute approximate surface area is 524 Å². The minimum atomic E-state index is -0.692. The van der Waals surface area contributed by atoms with Gasteiger partial charge in [0.05, 0.1) is 187 Å². The molecule has 2 unspecified atom stereocenters. The van der Waals surface area contributed by atoms with Crippen LogP contribution in [-0.2, 0) is 106 Å². The zero-order valence-electron chi connectivity index (χ0n) is 51.5. The molecule has 0 radical (unpaired) electrons. The number of thioether (sulfide) groups is 2. The summed E-state index contributed by atoms with van der Waals surface area (Å²) in [6.07, 6.45) is 3.19. The molecule has 504 valence electrons. The normalized spacial score (nSPS) is 15.5. The molecule has 3 heterocycles. The summed E-state index contributed by atoms with van der Waals surface area (Å²) >= 11 is 2.44. The SMILES string of the molecule is CC(=O)[C@@H](N)CSC1CC(=O)N(CCC(=O)NCCCOCCOCCOCCCNC(=O)CCN2C(=O)CC(SCCC(=O)NCCOCCOCCOCCOCCOCCOCCOCCOCCOCCOCCn3cc(C)nn3)C2=O)C1=O. The molecule has 2 aliphatic heterocycles. The number of ketones is 1. The average molecular weight is 1300 g/mol. The van der Waals surface area contributed by atoms with E-state index >= 15 is 0 Å². The van der Waals surface area contributed by atoms with Crippen LogP contribution in [0.1, 0.15) is 57.6 Å². The molecule has 3 rings (SSSR count). The quantitative estimate of drug-likeness (QED) is 0.0437. The van der Waals surface area contributed by atoms with Gasteiger partial charge < -0.3 is 83.3 Å². The van der Waals surface area contributed by atoms with Crippen molar-refractivity contribution in [3.05, 3.63) is 11.9 Å². The highest BCUT2D eigenvalue weighted by molar-refractivity contribution is 8.01. The number of hydrogen-bond donors (Lipinski definition) is 4. The number of amides is 7. The van der Waals surface area contributed by atoms with Crippen molar-refractivity contribution in [1.82, 2.24) is 40.7 Å². The number of Topliss-reactive ketones (excluding diaryl/α,β-unsaturated/α-hetero) is 1. The van der Waals surface area contributed by atoms with Crippen LogP contribution in [0.2, 0.25) is 0 Å². The lowest BCUT2D eigenvalue weighted by Gasteiger charge is -2.15. The van der Waals surface area contributed by atoms with Crippen LogP contribution in [0.4, 0.5) is 0 Å².